The molecule has 4 aliphatic carbocycles. The number of benzene rings is 3. The van der Waals surface area contributed by atoms with Crippen LogP contribution >= 0.6 is 45.9 Å². The van der Waals surface area contributed by atoms with Crippen molar-refractivity contribution >= 4 is 94.0 Å². The van der Waals surface area contributed by atoms with E-state index in [1.54, 1.807) is 29.0 Å². The molecule has 6 N–H and O–H groups in total. The summed E-state index contributed by atoms with van der Waals surface area (Å²) in [7, 11) is -1.55. The zero-order valence-electron chi connectivity index (χ0n) is 43.7. The van der Waals surface area contributed by atoms with Crippen LogP contribution in [0.15, 0.2) is 75.4 Å². The molecule has 3 aromatic carbocycles. The molecule has 4 saturated carbocycles. The van der Waals surface area contributed by atoms with Gasteiger partial charge in [-0.05, 0) is 114 Å². The van der Waals surface area contributed by atoms with Crippen LogP contribution in [0.4, 0.5) is 30.4 Å². The van der Waals surface area contributed by atoms with Crippen LogP contribution in [0.1, 0.15) is 82.6 Å². The fourth-order valence-electron chi connectivity index (χ4n) is 10.1. The minimum absolute atomic E-state index is 0.0213. The van der Waals surface area contributed by atoms with Crippen molar-refractivity contribution in [3.05, 3.63) is 92.9 Å². The first kappa shape index (κ1) is 61.0. The monoisotopic (exact) mass is 1200 g/mol. The number of aromatic nitrogens is 2. The van der Waals surface area contributed by atoms with Gasteiger partial charge in [-0.3, -0.25) is 19.3 Å². The van der Waals surface area contributed by atoms with Crippen LogP contribution in [0.5, 0.6) is 11.5 Å². The van der Waals surface area contributed by atoms with Gasteiger partial charge in [-0.1, -0.05) is 48.9 Å². The quantitative estimate of drug-likeness (QED) is 0.0354. The number of aliphatic hydroxyl groups is 2. The molecule has 4 fully saturated rings. The van der Waals surface area contributed by atoms with Crippen molar-refractivity contribution in [1.82, 2.24) is 19.8 Å². The molecule has 0 saturated heterocycles. The number of sulfonamides is 2. The Bertz CT molecular complexity index is 2980. The van der Waals surface area contributed by atoms with Crippen molar-refractivity contribution in [2.24, 2.45) is 11.8 Å². The number of aliphatic hydroxyl groups excluding tert-OH is 2. The summed E-state index contributed by atoms with van der Waals surface area (Å²) < 4.78 is 97.9. The standard InChI is InChI=1S/C30H38ClFN4O5S2.C21H28ClFN4O3S2.CH2O2/c1-35(18-27(37)19-8-9-19)26-7-5-4-6-24(26)34-25-16-23(32)29(15-22(25)31)43(38,39)36(30-33-12-13-42-30)17-20-10-11-21(40-2)14-28(20)41-3;1-27(12-19(28)13-6-7-13)18-5-3-2-4-16(18)25-17-11-15(23)20(10-14(17)22)32(29,30)26-21-24-8-9-31-21;2-1-3/h10-16,19,24,26-27,34,37H,4-9,17-18H2,1-3H3;8-11,13,16,18-19,25,28H,2-7,12H2,1H3,(H,24,26);1H,(H,2,3)/t24-,26-,27+;16-,18-,19+;/m00./s1. The van der Waals surface area contributed by atoms with Crippen LogP contribution in [-0.2, 0) is 31.4 Å². The highest BCUT2D eigenvalue weighted by Gasteiger charge is 2.38. The van der Waals surface area contributed by atoms with Gasteiger partial charge in [0, 0.05) is 72.0 Å². The van der Waals surface area contributed by atoms with Gasteiger partial charge in [0.25, 0.3) is 26.5 Å². The predicted octanol–water partition coefficient (Wildman–Crippen LogP) is 9.64. The number of hydrogen-bond acceptors (Lipinski definition) is 17. The Morgan fingerprint density at radius 1 is 0.731 bits per heavy atom. The van der Waals surface area contributed by atoms with E-state index in [1.807, 2.05) is 14.1 Å². The van der Waals surface area contributed by atoms with Crippen LogP contribution < -0.4 is 29.1 Å². The smallest absolute Gasteiger partial charge is 0.290 e. The largest absolute Gasteiger partial charge is 0.497 e. The van der Waals surface area contributed by atoms with E-state index in [0.717, 1.165) is 122 Å². The molecule has 0 bridgehead atoms. The highest BCUT2D eigenvalue weighted by molar-refractivity contribution is 7.93. The van der Waals surface area contributed by atoms with Gasteiger partial charge >= 0.3 is 0 Å². The number of ether oxygens (including phenoxy) is 2. The maximum absolute atomic E-state index is 15.8. The molecule has 428 valence electrons. The summed E-state index contributed by atoms with van der Waals surface area (Å²) in [6.07, 6.45) is 14.4. The van der Waals surface area contributed by atoms with Crippen molar-refractivity contribution in [3.8, 4) is 11.5 Å². The Labute approximate surface area is 473 Å². The lowest BCUT2D eigenvalue weighted by Gasteiger charge is -2.39. The van der Waals surface area contributed by atoms with Gasteiger partial charge < -0.3 is 35.4 Å². The van der Waals surface area contributed by atoms with Crippen molar-refractivity contribution in [3.63, 3.8) is 0 Å². The summed E-state index contributed by atoms with van der Waals surface area (Å²) in [6, 6.07) is 9.95. The van der Waals surface area contributed by atoms with E-state index in [0.29, 0.717) is 53.4 Å². The number of carboxylic acid groups (broad SMARTS) is 1. The van der Waals surface area contributed by atoms with Gasteiger partial charge in [-0.25, -0.2) is 39.9 Å². The van der Waals surface area contributed by atoms with Crippen LogP contribution in [0.3, 0.4) is 0 Å². The third-order valence-electron chi connectivity index (χ3n) is 14.6. The second-order valence-corrected chi connectivity index (χ2v) is 26.0. The molecule has 6 atom stereocenters. The zero-order valence-corrected chi connectivity index (χ0v) is 48.5. The van der Waals surface area contributed by atoms with Gasteiger partial charge in [0.15, 0.2) is 10.3 Å². The summed E-state index contributed by atoms with van der Waals surface area (Å²) in [6.45, 7) is 0.788. The summed E-state index contributed by atoms with van der Waals surface area (Å²) in [5.74, 6) is -0.0407. The number of anilines is 4. The first-order valence-corrected chi connectivity index (χ1v) is 31.1. The molecule has 9 rings (SSSR count). The van der Waals surface area contributed by atoms with Crippen molar-refractivity contribution in [2.75, 3.05) is 61.1 Å². The average Bonchev–Trinajstić information content (AvgIpc) is 4.35. The maximum Gasteiger partial charge on any atom is 0.290 e. The molecule has 2 aromatic heterocycles. The number of likely N-dealkylation sites (N-methyl/N-ethyl adjacent to an activating group) is 2. The molecular formula is C52H68Cl2F2N8O10S4. The lowest BCUT2D eigenvalue weighted by atomic mass is 9.89. The van der Waals surface area contributed by atoms with E-state index < -0.39 is 41.5 Å². The summed E-state index contributed by atoms with van der Waals surface area (Å²) in [5.41, 5.74) is 1.25. The van der Waals surface area contributed by atoms with Crippen LogP contribution in [0.2, 0.25) is 10.0 Å². The van der Waals surface area contributed by atoms with Gasteiger partial charge in [-0.15, -0.1) is 22.7 Å². The van der Waals surface area contributed by atoms with E-state index in [2.05, 4.69) is 35.1 Å². The number of halogens is 4. The fraction of sp³-hybridized carbons (Fsp3) is 0.519. The number of rotatable bonds is 22. The highest BCUT2D eigenvalue weighted by atomic mass is 35.5. The van der Waals surface area contributed by atoms with E-state index in [9.17, 15) is 31.4 Å². The van der Waals surface area contributed by atoms with E-state index in [-0.39, 0.29) is 69.7 Å². The molecule has 26 heteroatoms. The molecule has 78 heavy (non-hydrogen) atoms. The molecule has 2 heterocycles. The SMILES string of the molecule is CN(C[C@@H](O)C1CC1)[C@H]1CCCC[C@@H]1Nc1cc(F)c(S(=O)(=O)Nc2nccs2)cc1Cl.COc1ccc(CN(c2nccs2)S(=O)(=O)c2cc(Cl)c(N[C@H]3CCCC[C@@H]3N(C)C[C@@H](O)C3CC3)cc2F)c(OC)c1.O=CO. The number of thiazole rings is 2. The third kappa shape index (κ3) is 15.8. The average molecular weight is 1200 g/mol. The Hall–Kier alpha value is -4.63. The fourth-order valence-corrected chi connectivity index (χ4v) is 14.9. The predicted molar refractivity (Wildman–Crippen MR) is 302 cm³/mol. The first-order chi connectivity index (χ1) is 37.3. The Kier molecular flexibility index (Phi) is 21.7. The number of nitrogens with zero attached hydrogens (tertiary/aromatic N) is 5. The van der Waals surface area contributed by atoms with Gasteiger partial charge in [0.1, 0.15) is 32.9 Å². The summed E-state index contributed by atoms with van der Waals surface area (Å²) in [5, 5.41) is 38.3. The minimum Gasteiger partial charge on any atom is -0.497 e. The number of carbonyl (C=O) groups is 1. The Morgan fingerprint density at radius 2 is 1.23 bits per heavy atom. The van der Waals surface area contributed by atoms with E-state index in [1.165, 1.54) is 32.7 Å². The molecule has 0 unspecified atom stereocenters. The van der Waals surface area contributed by atoms with Crippen molar-refractivity contribution in [1.29, 1.82) is 0 Å². The lowest BCUT2D eigenvalue weighted by Crippen LogP contribution is -2.49. The van der Waals surface area contributed by atoms with Crippen LogP contribution in [-0.4, -0.2) is 136 Å². The topological polar surface area (TPSA) is 236 Å². The van der Waals surface area contributed by atoms with E-state index >= 15 is 4.39 Å². The van der Waals surface area contributed by atoms with Gasteiger partial charge in [0.2, 0.25) is 0 Å². The highest BCUT2D eigenvalue weighted by Crippen LogP contribution is 2.39. The van der Waals surface area contributed by atoms with Crippen molar-refractivity contribution < 1.29 is 55.2 Å². The number of hydrogen-bond donors (Lipinski definition) is 6. The van der Waals surface area contributed by atoms with Gasteiger partial charge in [0.05, 0.1) is 54.4 Å². The molecule has 4 aliphatic rings. The third-order valence-corrected chi connectivity index (χ3v) is 20.0. The minimum atomic E-state index is -4.43. The van der Waals surface area contributed by atoms with Crippen molar-refractivity contribution in [2.45, 2.75) is 130 Å². The molecule has 0 radical (unpaired) electrons. The molecule has 0 aliphatic heterocycles. The second kappa shape index (κ2) is 27.7. The maximum atomic E-state index is 15.8. The number of methoxy groups -OCH3 is 2. The van der Waals surface area contributed by atoms with E-state index in [4.69, 9.17) is 42.6 Å². The molecule has 0 amide bonds. The molecule has 0 spiro atoms. The summed E-state index contributed by atoms with van der Waals surface area (Å²) in [4.78, 5) is 19.7. The van der Waals surface area contributed by atoms with Crippen LogP contribution in [0.25, 0.3) is 0 Å². The second-order valence-electron chi connectivity index (χ2n) is 20.0. The first-order valence-electron chi connectivity index (χ1n) is 25.7. The molecule has 18 nitrogen and oxygen atoms in total. The normalized spacial score (nSPS) is 20.3. The van der Waals surface area contributed by atoms with Gasteiger partial charge in [-0.2, -0.15) is 0 Å². The summed E-state index contributed by atoms with van der Waals surface area (Å²) >= 11 is 15.3. The zero-order chi connectivity index (χ0) is 56.3. The molecule has 5 aromatic rings. The Morgan fingerprint density at radius 3 is 1.71 bits per heavy atom. The lowest BCUT2D eigenvalue weighted by molar-refractivity contribution is -0.122. The number of nitrogens with one attached hydrogen (secondary N) is 3. The van der Waals surface area contributed by atoms with Crippen LogP contribution in [0, 0.1) is 23.5 Å². The molecular weight excluding hydrogens is 1130 g/mol. The Balaban J connectivity index is 0.000000224.